The van der Waals surface area contributed by atoms with Crippen molar-refractivity contribution in [3.05, 3.63) is 60.8 Å². The zero-order valence-corrected chi connectivity index (χ0v) is 11.5. The highest BCUT2D eigenvalue weighted by Gasteiger charge is 2.05. The number of anilines is 1. The van der Waals surface area contributed by atoms with Crippen molar-refractivity contribution >= 4 is 22.5 Å². The quantitative estimate of drug-likeness (QED) is 0.720. The van der Waals surface area contributed by atoms with Gasteiger partial charge in [-0.05, 0) is 41.8 Å². The lowest BCUT2D eigenvalue weighted by Crippen LogP contribution is -2.14. The number of aromatic hydroxyl groups is 1. The molecule has 1 amide bonds. The van der Waals surface area contributed by atoms with Crippen LogP contribution in [0.25, 0.3) is 10.9 Å². The van der Waals surface area contributed by atoms with Crippen LogP contribution in [0, 0.1) is 0 Å². The molecule has 0 saturated heterocycles. The summed E-state index contributed by atoms with van der Waals surface area (Å²) in [5, 5.41) is 13.2. The van der Waals surface area contributed by atoms with Gasteiger partial charge in [0.15, 0.2) is 0 Å². The van der Waals surface area contributed by atoms with Gasteiger partial charge in [0.05, 0.1) is 0 Å². The number of aryl methyl sites for hydroxylation is 1. The number of nitrogens with one attached hydrogen (secondary N) is 1. The number of aromatic nitrogens is 1. The molecule has 106 valence electrons. The molecule has 1 aromatic heterocycles. The number of hydrogen-bond donors (Lipinski definition) is 2. The van der Waals surface area contributed by atoms with Gasteiger partial charge in [-0.15, -0.1) is 0 Å². The Morgan fingerprint density at radius 1 is 1.05 bits per heavy atom. The standard InChI is InChI=1S/C17H16N2O2/c20-15-7-5-14(6-8-15)18-17(21)10-12-19-11-9-13-3-1-2-4-16(13)19/h1-9,11,20H,10,12H2,(H,18,21). The second-order valence-corrected chi connectivity index (χ2v) is 4.91. The summed E-state index contributed by atoms with van der Waals surface area (Å²) < 4.78 is 2.08. The van der Waals surface area contributed by atoms with Gasteiger partial charge in [-0.25, -0.2) is 0 Å². The van der Waals surface area contributed by atoms with Gasteiger partial charge in [-0.2, -0.15) is 0 Å². The highest BCUT2D eigenvalue weighted by Crippen LogP contribution is 2.16. The fraction of sp³-hybridized carbons (Fsp3) is 0.118. The molecular weight excluding hydrogens is 264 g/mol. The summed E-state index contributed by atoms with van der Waals surface area (Å²) in [6, 6.07) is 16.6. The molecule has 2 N–H and O–H groups in total. The van der Waals surface area contributed by atoms with E-state index < -0.39 is 0 Å². The average Bonchev–Trinajstić information content (AvgIpc) is 2.91. The molecule has 21 heavy (non-hydrogen) atoms. The smallest absolute Gasteiger partial charge is 0.226 e. The van der Waals surface area contributed by atoms with E-state index in [0.29, 0.717) is 18.7 Å². The highest BCUT2D eigenvalue weighted by molar-refractivity contribution is 5.90. The van der Waals surface area contributed by atoms with Crippen LogP contribution in [0.15, 0.2) is 60.8 Å². The number of carbonyl (C=O) groups is 1. The Morgan fingerprint density at radius 2 is 1.81 bits per heavy atom. The SMILES string of the molecule is O=C(CCn1ccc2ccccc21)Nc1ccc(O)cc1. The maximum Gasteiger partial charge on any atom is 0.226 e. The number of para-hydroxylation sites is 1. The third-order valence-electron chi connectivity index (χ3n) is 3.41. The molecule has 0 bridgehead atoms. The van der Waals surface area contributed by atoms with E-state index in [1.165, 1.54) is 5.39 Å². The minimum atomic E-state index is -0.0431. The van der Waals surface area contributed by atoms with E-state index in [2.05, 4.69) is 16.0 Å². The maximum absolute atomic E-state index is 11.9. The predicted octanol–water partition coefficient (Wildman–Crippen LogP) is 3.38. The summed E-state index contributed by atoms with van der Waals surface area (Å²) in [5.74, 6) is 0.144. The van der Waals surface area contributed by atoms with Crippen molar-refractivity contribution in [1.82, 2.24) is 4.57 Å². The first kappa shape index (κ1) is 13.2. The van der Waals surface area contributed by atoms with E-state index in [1.54, 1.807) is 24.3 Å². The predicted molar refractivity (Wildman–Crippen MR) is 83.3 cm³/mol. The number of rotatable bonds is 4. The number of fused-ring (bicyclic) bond motifs is 1. The fourth-order valence-corrected chi connectivity index (χ4v) is 2.33. The van der Waals surface area contributed by atoms with E-state index in [4.69, 9.17) is 0 Å². The molecule has 0 spiro atoms. The van der Waals surface area contributed by atoms with Gasteiger partial charge >= 0.3 is 0 Å². The van der Waals surface area contributed by atoms with E-state index >= 15 is 0 Å². The molecule has 3 rings (SSSR count). The molecule has 2 aromatic carbocycles. The normalized spacial score (nSPS) is 10.7. The summed E-state index contributed by atoms with van der Waals surface area (Å²) in [5.41, 5.74) is 1.82. The first-order chi connectivity index (χ1) is 10.2. The van der Waals surface area contributed by atoms with E-state index in [0.717, 1.165) is 5.52 Å². The largest absolute Gasteiger partial charge is 0.508 e. The van der Waals surface area contributed by atoms with E-state index in [-0.39, 0.29) is 11.7 Å². The summed E-state index contributed by atoms with van der Waals surface area (Å²) in [6.45, 7) is 0.636. The van der Waals surface area contributed by atoms with Gasteiger partial charge in [0.1, 0.15) is 5.75 Å². The van der Waals surface area contributed by atoms with Crippen molar-refractivity contribution in [3.63, 3.8) is 0 Å². The van der Waals surface area contributed by atoms with Crippen LogP contribution in [-0.2, 0) is 11.3 Å². The van der Waals surface area contributed by atoms with Crippen molar-refractivity contribution in [1.29, 1.82) is 0 Å². The molecule has 4 heteroatoms. The number of nitrogens with zero attached hydrogens (tertiary/aromatic N) is 1. The second kappa shape index (κ2) is 5.71. The molecule has 0 atom stereocenters. The average molecular weight is 280 g/mol. The lowest BCUT2D eigenvalue weighted by Gasteiger charge is -2.07. The minimum absolute atomic E-state index is 0.0431. The van der Waals surface area contributed by atoms with Gasteiger partial charge in [0.2, 0.25) is 5.91 Å². The topological polar surface area (TPSA) is 54.3 Å². The van der Waals surface area contributed by atoms with Gasteiger partial charge in [-0.3, -0.25) is 4.79 Å². The van der Waals surface area contributed by atoms with Crippen LogP contribution in [0.3, 0.4) is 0 Å². The Labute approximate surface area is 122 Å². The van der Waals surface area contributed by atoms with Crippen LogP contribution in [0.2, 0.25) is 0 Å². The number of carbonyl (C=O) groups excluding carboxylic acids is 1. The van der Waals surface area contributed by atoms with Crippen LogP contribution in [0.4, 0.5) is 5.69 Å². The van der Waals surface area contributed by atoms with Crippen molar-refractivity contribution in [2.24, 2.45) is 0 Å². The van der Waals surface area contributed by atoms with Crippen molar-refractivity contribution in [2.75, 3.05) is 5.32 Å². The molecule has 3 aromatic rings. The van der Waals surface area contributed by atoms with Gasteiger partial charge < -0.3 is 15.0 Å². The Balaban J connectivity index is 1.62. The number of phenolic OH excluding ortho intramolecular Hbond substituents is 1. The van der Waals surface area contributed by atoms with Gasteiger partial charge in [-0.1, -0.05) is 18.2 Å². The summed E-state index contributed by atoms with van der Waals surface area (Å²) in [4.78, 5) is 11.9. The second-order valence-electron chi connectivity index (χ2n) is 4.91. The molecule has 0 aliphatic rings. The summed E-state index contributed by atoms with van der Waals surface area (Å²) in [6.07, 6.45) is 2.40. The van der Waals surface area contributed by atoms with Crippen LogP contribution in [0.1, 0.15) is 6.42 Å². The summed E-state index contributed by atoms with van der Waals surface area (Å²) in [7, 11) is 0. The van der Waals surface area contributed by atoms with Crippen LogP contribution < -0.4 is 5.32 Å². The monoisotopic (exact) mass is 280 g/mol. The molecule has 4 nitrogen and oxygen atoms in total. The number of phenols is 1. The molecule has 1 heterocycles. The third kappa shape index (κ3) is 3.05. The first-order valence-corrected chi connectivity index (χ1v) is 6.85. The fourth-order valence-electron chi connectivity index (χ4n) is 2.33. The lowest BCUT2D eigenvalue weighted by atomic mass is 10.2. The molecule has 0 radical (unpaired) electrons. The lowest BCUT2D eigenvalue weighted by molar-refractivity contribution is -0.116. The minimum Gasteiger partial charge on any atom is -0.508 e. The summed E-state index contributed by atoms with van der Waals surface area (Å²) >= 11 is 0. The number of benzene rings is 2. The molecule has 0 fully saturated rings. The number of amides is 1. The third-order valence-corrected chi connectivity index (χ3v) is 3.41. The van der Waals surface area contributed by atoms with E-state index in [1.807, 2.05) is 30.5 Å². The zero-order chi connectivity index (χ0) is 14.7. The van der Waals surface area contributed by atoms with Crippen molar-refractivity contribution in [2.45, 2.75) is 13.0 Å². The van der Waals surface area contributed by atoms with Crippen LogP contribution in [-0.4, -0.2) is 15.6 Å². The molecule has 0 unspecified atom stereocenters. The van der Waals surface area contributed by atoms with Crippen LogP contribution in [0.5, 0.6) is 5.75 Å². The Hall–Kier alpha value is -2.75. The Kier molecular flexibility index (Phi) is 3.60. The van der Waals surface area contributed by atoms with Crippen LogP contribution >= 0.6 is 0 Å². The first-order valence-electron chi connectivity index (χ1n) is 6.85. The Bertz CT molecular complexity index is 760. The zero-order valence-electron chi connectivity index (χ0n) is 11.5. The van der Waals surface area contributed by atoms with Crippen molar-refractivity contribution in [3.8, 4) is 5.75 Å². The van der Waals surface area contributed by atoms with E-state index in [9.17, 15) is 9.90 Å². The Morgan fingerprint density at radius 3 is 2.62 bits per heavy atom. The highest BCUT2D eigenvalue weighted by atomic mass is 16.3. The van der Waals surface area contributed by atoms with Gasteiger partial charge in [0, 0.05) is 30.4 Å². The maximum atomic E-state index is 11.9. The molecule has 0 saturated carbocycles. The number of hydrogen-bond acceptors (Lipinski definition) is 2. The molecular formula is C17H16N2O2. The molecule has 0 aliphatic carbocycles. The molecule has 0 aliphatic heterocycles. The van der Waals surface area contributed by atoms with Gasteiger partial charge in [0.25, 0.3) is 0 Å². The van der Waals surface area contributed by atoms with Crippen molar-refractivity contribution < 1.29 is 9.90 Å².